The molecule has 3 rings (SSSR count). The highest BCUT2D eigenvalue weighted by atomic mass is 32.2. The molecular formula is C20H22N4O3S. The summed E-state index contributed by atoms with van der Waals surface area (Å²) in [4.78, 5) is 0.113. The Morgan fingerprint density at radius 1 is 0.857 bits per heavy atom. The zero-order valence-corrected chi connectivity index (χ0v) is 16.7. The second-order valence-electron chi connectivity index (χ2n) is 6.49. The number of nitrogens with one attached hydrogen (secondary N) is 2. The van der Waals surface area contributed by atoms with E-state index in [1.54, 1.807) is 24.3 Å². The number of anilines is 3. The number of nitrogens with zero attached hydrogens (tertiary/aromatic N) is 2. The lowest BCUT2D eigenvalue weighted by molar-refractivity contribution is 0.414. The molecule has 1 heterocycles. The van der Waals surface area contributed by atoms with E-state index in [0.717, 1.165) is 5.69 Å². The maximum absolute atomic E-state index is 12.4. The molecule has 8 heteroatoms. The quantitative estimate of drug-likeness (QED) is 0.621. The van der Waals surface area contributed by atoms with Gasteiger partial charge < -0.3 is 10.1 Å². The molecule has 0 radical (unpaired) electrons. The average molecular weight is 398 g/mol. The van der Waals surface area contributed by atoms with Crippen molar-refractivity contribution in [2.24, 2.45) is 0 Å². The van der Waals surface area contributed by atoms with Crippen molar-refractivity contribution in [1.82, 2.24) is 10.2 Å². The van der Waals surface area contributed by atoms with Gasteiger partial charge in [0, 0.05) is 5.69 Å². The largest absolute Gasteiger partial charge is 0.497 e. The molecule has 3 aromatic rings. The summed E-state index contributed by atoms with van der Waals surface area (Å²) in [6, 6.07) is 17.4. The van der Waals surface area contributed by atoms with Gasteiger partial charge in [-0.1, -0.05) is 26.0 Å². The minimum atomic E-state index is -3.75. The molecular weight excluding hydrogens is 376 g/mol. The van der Waals surface area contributed by atoms with Gasteiger partial charge in [-0.05, 0) is 60.0 Å². The molecule has 0 unspecified atom stereocenters. The fourth-order valence-electron chi connectivity index (χ4n) is 2.50. The van der Waals surface area contributed by atoms with Crippen LogP contribution >= 0.6 is 0 Å². The molecule has 0 aliphatic heterocycles. The molecule has 0 spiro atoms. The molecule has 0 amide bonds. The Hall–Kier alpha value is -3.13. The predicted molar refractivity (Wildman–Crippen MR) is 110 cm³/mol. The fraction of sp³-hybridized carbons (Fsp3) is 0.200. The van der Waals surface area contributed by atoms with E-state index < -0.39 is 10.0 Å². The molecule has 0 saturated heterocycles. The molecule has 0 aliphatic carbocycles. The topological polar surface area (TPSA) is 93.2 Å². The maximum Gasteiger partial charge on any atom is 0.263 e. The maximum atomic E-state index is 12.4. The van der Waals surface area contributed by atoms with Crippen LogP contribution in [-0.4, -0.2) is 25.7 Å². The van der Waals surface area contributed by atoms with Crippen molar-refractivity contribution < 1.29 is 13.2 Å². The Bertz CT molecular complexity index is 1020. The molecule has 146 valence electrons. The molecule has 28 heavy (non-hydrogen) atoms. The third-order valence-corrected chi connectivity index (χ3v) is 5.49. The minimum absolute atomic E-state index is 0.113. The predicted octanol–water partition coefficient (Wildman–Crippen LogP) is 4.15. The van der Waals surface area contributed by atoms with E-state index in [4.69, 9.17) is 4.74 Å². The molecule has 2 aromatic carbocycles. The summed E-state index contributed by atoms with van der Waals surface area (Å²) < 4.78 is 32.3. The van der Waals surface area contributed by atoms with Gasteiger partial charge in [-0.3, -0.25) is 4.72 Å². The van der Waals surface area contributed by atoms with E-state index in [2.05, 4.69) is 46.2 Å². The van der Waals surface area contributed by atoms with E-state index in [1.807, 2.05) is 12.1 Å². The summed E-state index contributed by atoms with van der Waals surface area (Å²) in [6.45, 7) is 4.28. The van der Waals surface area contributed by atoms with E-state index in [0.29, 0.717) is 17.5 Å². The van der Waals surface area contributed by atoms with Gasteiger partial charge in [-0.2, -0.15) is 0 Å². The third-order valence-electron chi connectivity index (χ3n) is 4.12. The van der Waals surface area contributed by atoms with Crippen LogP contribution in [0.5, 0.6) is 5.75 Å². The van der Waals surface area contributed by atoms with Crippen LogP contribution in [0.15, 0.2) is 65.6 Å². The monoisotopic (exact) mass is 398 g/mol. The Morgan fingerprint density at radius 2 is 1.46 bits per heavy atom. The molecule has 0 saturated carbocycles. The first-order chi connectivity index (χ1) is 13.4. The van der Waals surface area contributed by atoms with Crippen LogP contribution in [0.4, 0.5) is 17.3 Å². The van der Waals surface area contributed by atoms with Crippen molar-refractivity contribution in [3.8, 4) is 5.75 Å². The fourth-order valence-corrected chi connectivity index (χ4v) is 3.50. The van der Waals surface area contributed by atoms with Gasteiger partial charge in [0.2, 0.25) is 0 Å². The molecule has 1 aromatic heterocycles. The number of hydrogen-bond acceptors (Lipinski definition) is 6. The number of methoxy groups -OCH3 is 1. The highest BCUT2D eigenvalue weighted by molar-refractivity contribution is 7.92. The first kappa shape index (κ1) is 19.6. The summed E-state index contributed by atoms with van der Waals surface area (Å²) in [5, 5.41) is 11.1. The van der Waals surface area contributed by atoms with Crippen LogP contribution < -0.4 is 14.8 Å². The summed E-state index contributed by atoms with van der Waals surface area (Å²) in [5.74, 6) is 1.70. The molecule has 2 N–H and O–H groups in total. The van der Waals surface area contributed by atoms with Crippen molar-refractivity contribution in [3.05, 3.63) is 66.2 Å². The summed E-state index contributed by atoms with van der Waals surface area (Å²) in [5.41, 5.74) is 2.13. The van der Waals surface area contributed by atoms with Gasteiger partial charge in [-0.25, -0.2) is 8.42 Å². The molecule has 7 nitrogen and oxygen atoms in total. The van der Waals surface area contributed by atoms with Gasteiger partial charge in [-0.15, -0.1) is 10.2 Å². The van der Waals surface area contributed by atoms with Crippen LogP contribution in [-0.2, 0) is 10.0 Å². The normalized spacial score (nSPS) is 11.3. The van der Waals surface area contributed by atoms with Crippen LogP contribution in [0, 0.1) is 0 Å². The number of aromatic nitrogens is 2. The van der Waals surface area contributed by atoms with Gasteiger partial charge in [0.1, 0.15) is 5.75 Å². The lowest BCUT2D eigenvalue weighted by atomic mass is 10.0. The van der Waals surface area contributed by atoms with Crippen molar-refractivity contribution in [2.75, 3.05) is 17.1 Å². The van der Waals surface area contributed by atoms with E-state index in [9.17, 15) is 8.42 Å². The van der Waals surface area contributed by atoms with E-state index in [-0.39, 0.29) is 10.7 Å². The summed E-state index contributed by atoms with van der Waals surface area (Å²) in [7, 11) is -2.23. The van der Waals surface area contributed by atoms with Gasteiger partial charge in [0.15, 0.2) is 11.6 Å². The smallest absolute Gasteiger partial charge is 0.263 e. The molecule has 0 bridgehead atoms. The van der Waals surface area contributed by atoms with Crippen molar-refractivity contribution in [2.45, 2.75) is 24.7 Å². The first-order valence-corrected chi connectivity index (χ1v) is 10.2. The van der Waals surface area contributed by atoms with Crippen molar-refractivity contribution in [1.29, 1.82) is 0 Å². The highest BCUT2D eigenvalue weighted by Crippen LogP contribution is 2.21. The van der Waals surface area contributed by atoms with Gasteiger partial charge in [0.25, 0.3) is 10.0 Å². The Balaban J connectivity index is 1.68. The standard InChI is InChI=1S/C20H22N4O3S/c1-14(2)15-4-6-16(7-5-15)21-19-12-13-20(23-22-19)24-28(25,26)18-10-8-17(27-3)9-11-18/h4-14H,1-3H3,(H,21,22)(H,23,24). The molecule has 0 aliphatic rings. The Morgan fingerprint density at radius 3 is 2.00 bits per heavy atom. The van der Waals surface area contributed by atoms with Crippen LogP contribution in [0.25, 0.3) is 0 Å². The second kappa shape index (κ2) is 8.26. The van der Waals surface area contributed by atoms with Crippen molar-refractivity contribution >= 4 is 27.3 Å². The first-order valence-electron chi connectivity index (χ1n) is 8.75. The van der Waals surface area contributed by atoms with E-state index >= 15 is 0 Å². The second-order valence-corrected chi connectivity index (χ2v) is 8.17. The van der Waals surface area contributed by atoms with Crippen LogP contribution in [0.3, 0.4) is 0 Å². The SMILES string of the molecule is COc1ccc(S(=O)(=O)Nc2ccc(Nc3ccc(C(C)C)cc3)nn2)cc1. The Labute approximate surface area is 164 Å². The number of hydrogen-bond donors (Lipinski definition) is 2. The number of ether oxygens (including phenoxy) is 1. The van der Waals surface area contributed by atoms with Crippen molar-refractivity contribution in [3.63, 3.8) is 0 Å². The number of rotatable bonds is 7. The summed E-state index contributed by atoms with van der Waals surface area (Å²) >= 11 is 0. The zero-order chi connectivity index (χ0) is 20.1. The van der Waals surface area contributed by atoms with Gasteiger partial charge >= 0.3 is 0 Å². The Kier molecular flexibility index (Phi) is 5.79. The molecule has 0 fully saturated rings. The average Bonchev–Trinajstić information content (AvgIpc) is 2.70. The highest BCUT2D eigenvalue weighted by Gasteiger charge is 2.15. The third kappa shape index (κ3) is 4.77. The lowest BCUT2D eigenvalue weighted by Gasteiger charge is -2.10. The van der Waals surface area contributed by atoms with Crippen LogP contribution in [0.2, 0.25) is 0 Å². The molecule has 0 atom stereocenters. The number of benzene rings is 2. The summed E-state index contributed by atoms with van der Waals surface area (Å²) in [6.07, 6.45) is 0. The lowest BCUT2D eigenvalue weighted by Crippen LogP contribution is -2.14. The zero-order valence-electron chi connectivity index (χ0n) is 15.9. The van der Waals surface area contributed by atoms with Crippen LogP contribution in [0.1, 0.15) is 25.3 Å². The van der Waals surface area contributed by atoms with Gasteiger partial charge in [0.05, 0.1) is 12.0 Å². The minimum Gasteiger partial charge on any atom is -0.497 e. The number of sulfonamides is 1. The van der Waals surface area contributed by atoms with E-state index in [1.165, 1.54) is 24.8 Å².